The van der Waals surface area contributed by atoms with Gasteiger partial charge in [-0.2, -0.15) is 5.10 Å². The van der Waals surface area contributed by atoms with Gasteiger partial charge in [0.1, 0.15) is 0 Å². The Kier molecular flexibility index (Phi) is 5.02. The number of H-pyrrole nitrogens is 1. The molecule has 0 spiro atoms. The molecule has 0 bridgehead atoms. The van der Waals surface area contributed by atoms with Crippen LogP contribution >= 0.6 is 0 Å². The zero-order valence-electron chi connectivity index (χ0n) is 14.5. The predicted octanol–water partition coefficient (Wildman–Crippen LogP) is 2.41. The van der Waals surface area contributed by atoms with Crippen LogP contribution in [0.25, 0.3) is 11.3 Å². The monoisotopic (exact) mass is 341 g/mol. The fraction of sp³-hybridized carbons (Fsp3) is 0.389. The molecule has 1 aliphatic heterocycles. The second kappa shape index (κ2) is 7.38. The third kappa shape index (κ3) is 3.99. The summed E-state index contributed by atoms with van der Waals surface area (Å²) in [5.41, 5.74) is 2.58. The highest BCUT2D eigenvalue weighted by Crippen LogP contribution is 2.21. The fourth-order valence-corrected chi connectivity index (χ4v) is 3.15. The molecule has 0 radical (unpaired) electrons. The second-order valence-electron chi connectivity index (χ2n) is 6.36. The first-order valence-electron chi connectivity index (χ1n) is 8.46. The summed E-state index contributed by atoms with van der Waals surface area (Å²) in [5, 5.41) is 9.76. The van der Waals surface area contributed by atoms with E-state index in [2.05, 4.69) is 15.5 Å². The number of nitrogens with one attached hydrogen (secondary N) is 2. The normalized spacial score (nSPS) is 17.0. The molecule has 1 aliphatic rings. The van der Waals surface area contributed by atoms with Crippen LogP contribution in [0.1, 0.15) is 13.3 Å². The van der Waals surface area contributed by atoms with Gasteiger partial charge in [-0.05, 0) is 25.1 Å². The Morgan fingerprint density at radius 3 is 2.96 bits per heavy atom. The van der Waals surface area contributed by atoms with Gasteiger partial charge in [0.15, 0.2) is 0 Å². The number of urea groups is 1. The molecule has 25 heavy (non-hydrogen) atoms. The van der Waals surface area contributed by atoms with E-state index in [-0.39, 0.29) is 17.9 Å². The van der Waals surface area contributed by atoms with Gasteiger partial charge in [0.2, 0.25) is 5.91 Å². The van der Waals surface area contributed by atoms with E-state index in [1.807, 2.05) is 42.2 Å². The molecule has 3 amide bonds. The van der Waals surface area contributed by atoms with Crippen LogP contribution in [0, 0.1) is 5.92 Å². The van der Waals surface area contributed by atoms with Crippen LogP contribution in [0.2, 0.25) is 0 Å². The highest BCUT2D eigenvalue weighted by molar-refractivity contribution is 5.90. The molecule has 1 aromatic heterocycles. The first-order chi connectivity index (χ1) is 12.1. The van der Waals surface area contributed by atoms with Gasteiger partial charge in [-0.15, -0.1) is 0 Å². The Hall–Kier alpha value is -2.83. The maximum Gasteiger partial charge on any atom is 0.321 e. The van der Waals surface area contributed by atoms with E-state index >= 15 is 0 Å². The lowest BCUT2D eigenvalue weighted by molar-refractivity contribution is -0.127. The summed E-state index contributed by atoms with van der Waals surface area (Å²) in [5.74, 6) is 0.369. The highest BCUT2D eigenvalue weighted by atomic mass is 16.2. The summed E-state index contributed by atoms with van der Waals surface area (Å²) in [6, 6.07) is 9.30. The van der Waals surface area contributed by atoms with Gasteiger partial charge in [-0.25, -0.2) is 4.79 Å². The van der Waals surface area contributed by atoms with Crippen molar-refractivity contribution < 1.29 is 9.59 Å². The van der Waals surface area contributed by atoms with Gasteiger partial charge in [0.25, 0.3) is 0 Å². The first kappa shape index (κ1) is 17.0. The van der Waals surface area contributed by atoms with Crippen LogP contribution in [0.3, 0.4) is 0 Å². The standard InChI is InChI=1S/C18H23N5O2/c1-3-23-12-13(9-17(23)24)11-22(2)18(25)20-15-6-4-5-14(10-15)16-7-8-19-21-16/h4-8,10,13H,3,9,11-12H2,1-2H3,(H,19,21)(H,20,25)/t13-/m1/s1. The quantitative estimate of drug-likeness (QED) is 0.876. The van der Waals surface area contributed by atoms with Gasteiger partial charge in [0.05, 0.1) is 5.69 Å². The van der Waals surface area contributed by atoms with Crippen LogP contribution in [0.15, 0.2) is 36.5 Å². The lowest BCUT2D eigenvalue weighted by Gasteiger charge is -2.22. The average molecular weight is 341 g/mol. The zero-order valence-corrected chi connectivity index (χ0v) is 14.5. The third-order valence-electron chi connectivity index (χ3n) is 4.48. The molecular formula is C18H23N5O2. The van der Waals surface area contributed by atoms with E-state index in [1.165, 1.54) is 0 Å². The summed E-state index contributed by atoms with van der Waals surface area (Å²) in [7, 11) is 1.76. The average Bonchev–Trinajstić information content (AvgIpc) is 3.24. The molecule has 3 rings (SSSR count). The number of anilines is 1. The molecular weight excluding hydrogens is 318 g/mol. The van der Waals surface area contributed by atoms with Crippen molar-refractivity contribution in [2.45, 2.75) is 13.3 Å². The molecule has 0 saturated carbocycles. The SMILES string of the molecule is CCN1C[C@@H](CN(C)C(=O)Nc2cccc(-c3ccn[nH]3)c2)CC1=O. The molecule has 2 heterocycles. The van der Waals surface area contributed by atoms with E-state index in [1.54, 1.807) is 18.1 Å². The van der Waals surface area contributed by atoms with Crippen molar-refractivity contribution in [1.29, 1.82) is 0 Å². The van der Waals surface area contributed by atoms with Crippen LogP contribution in [-0.4, -0.2) is 58.6 Å². The summed E-state index contributed by atoms with van der Waals surface area (Å²) in [6.45, 7) is 3.99. The molecule has 1 saturated heterocycles. The minimum absolute atomic E-state index is 0.175. The fourth-order valence-electron chi connectivity index (χ4n) is 3.15. The van der Waals surface area contributed by atoms with Crippen LogP contribution in [0.4, 0.5) is 10.5 Å². The van der Waals surface area contributed by atoms with Crippen molar-refractivity contribution in [3.8, 4) is 11.3 Å². The van der Waals surface area contributed by atoms with E-state index in [0.717, 1.165) is 30.0 Å². The maximum absolute atomic E-state index is 12.4. The van der Waals surface area contributed by atoms with E-state index in [9.17, 15) is 9.59 Å². The topological polar surface area (TPSA) is 81.3 Å². The smallest absolute Gasteiger partial charge is 0.321 e. The Labute approximate surface area is 147 Å². The van der Waals surface area contributed by atoms with Crippen molar-refractivity contribution in [3.63, 3.8) is 0 Å². The molecule has 1 fully saturated rings. The molecule has 2 N–H and O–H groups in total. The number of aromatic amines is 1. The van der Waals surface area contributed by atoms with Crippen molar-refractivity contribution in [3.05, 3.63) is 36.5 Å². The molecule has 0 aliphatic carbocycles. The third-order valence-corrected chi connectivity index (χ3v) is 4.48. The van der Waals surface area contributed by atoms with E-state index < -0.39 is 0 Å². The Morgan fingerprint density at radius 1 is 1.44 bits per heavy atom. The minimum atomic E-state index is -0.177. The summed E-state index contributed by atoms with van der Waals surface area (Å²) < 4.78 is 0. The molecule has 1 atom stereocenters. The summed E-state index contributed by atoms with van der Waals surface area (Å²) >= 11 is 0. The first-order valence-corrected chi connectivity index (χ1v) is 8.46. The van der Waals surface area contributed by atoms with E-state index in [0.29, 0.717) is 13.0 Å². The number of carbonyl (C=O) groups excluding carboxylic acids is 2. The number of hydrogen-bond donors (Lipinski definition) is 2. The zero-order chi connectivity index (χ0) is 17.8. The lowest BCUT2D eigenvalue weighted by Crippen LogP contribution is -2.36. The van der Waals surface area contributed by atoms with Gasteiger partial charge < -0.3 is 15.1 Å². The van der Waals surface area contributed by atoms with Crippen molar-refractivity contribution >= 4 is 17.6 Å². The molecule has 2 aromatic rings. The Bertz CT molecular complexity index is 744. The number of rotatable bonds is 5. The molecule has 7 nitrogen and oxygen atoms in total. The van der Waals surface area contributed by atoms with Gasteiger partial charge >= 0.3 is 6.03 Å². The van der Waals surface area contributed by atoms with Crippen molar-refractivity contribution in [2.75, 3.05) is 32.0 Å². The minimum Gasteiger partial charge on any atom is -0.343 e. The number of likely N-dealkylation sites (tertiary alicyclic amines) is 1. The highest BCUT2D eigenvalue weighted by Gasteiger charge is 2.29. The van der Waals surface area contributed by atoms with Gasteiger partial charge in [-0.1, -0.05) is 12.1 Å². The summed E-state index contributed by atoms with van der Waals surface area (Å²) in [6.07, 6.45) is 2.21. The number of carbonyl (C=O) groups is 2. The Balaban J connectivity index is 1.59. The molecule has 132 valence electrons. The number of nitrogens with zero attached hydrogens (tertiary/aromatic N) is 3. The Morgan fingerprint density at radius 2 is 2.28 bits per heavy atom. The molecule has 1 aromatic carbocycles. The number of amides is 3. The number of hydrogen-bond acceptors (Lipinski definition) is 3. The lowest BCUT2D eigenvalue weighted by atomic mass is 10.1. The molecule has 7 heteroatoms. The number of aromatic nitrogens is 2. The van der Waals surface area contributed by atoms with Crippen LogP contribution in [0.5, 0.6) is 0 Å². The van der Waals surface area contributed by atoms with Crippen LogP contribution in [-0.2, 0) is 4.79 Å². The van der Waals surface area contributed by atoms with Crippen LogP contribution < -0.4 is 5.32 Å². The van der Waals surface area contributed by atoms with Gasteiger partial charge in [0, 0.05) is 56.5 Å². The largest absolute Gasteiger partial charge is 0.343 e. The van der Waals surface area contributed by atoms with Crippen molar-refractivity contribution in [1.82, 2.24) is 20.0 Å². The summed E-state index contributed by atoms with van der Waals surface area (Å²) in [4.78, 5) is 27.7. The maximum atomic E-state index is 12.4. The second-order valence-corrected chi connectivity index (χ2v) is 6.36. The van der Waals surface area contributed by atoms with E-state index in [4.69, 9.17) is 0 Å². The van der Waals surface area contributed by atoms with Crippen molar-refractivity contribution in [2.24, 2.45) is 5.92 Å². The van der Waals surface area contributed by atoms with Gasteiger partial charge in [-0.3, -0.25) is 9.89 Å². The number of benzene rings is 1. The predicted molar refractivity (Wildman–Crippen MR) is 96.0 cm³/mol. The molecule has 0 unspecified atom stereocenters.